The van der Waals surface area contributed by atoms with E-state index in [1.54, 1.807) is 12.1 Å². The second-order valence-electron chi connectivity index (χ2n) is 3.71. The predicted molar refractivity (Wildman–Crippen MR) is 69.4 cm³/mol. The van der Waals surface area contributed by atoms with Crippen molar-refractivity contribution in [3.8, 4) is 18.1 Å². The van der Waals surface area contributed by atoms with Crippen molar-refractivity contribution < 1.29 is 9.84 Å². The van der Waals surface area contributed by atoms with E-state index in [4.69, 9.17) is 22.8 Å². The Kier molecular flexibility index (Phi) is 5.85. The van der Waals surface area contributed by atoms with E-state index in [1.165, 1.54) is 0 Å². The summed E-state index contributed by atoms with van der Waals surface area (Å²) in [5.74, 6) is 3.13. The molecule has 0 spiro atoms. The van der Waals surface area contributed by atoms with Crippen LogP contribution in [0.2, 0.25) is 5.02 Å². The van der Waals surface area contributed by atoms with E-state index in [2.05, 4.69) is 11.2 Å². The molecule has 1 unspecified atom stereocenters. The molecule has 3 nitrogen and oxygen atoms in total. The Morgan fingerprint density at radius 1 is 1.59 bits per heavy atom. The fourth-order valence-electron chi connectivity index (χ4n) is 1.27. The van der Waals surface area contributed by atoms with E-state index in [0.29, 0.717) is 23.9 Å². The third kappa shape index (κ3) is 5.10. The van der Waals surface area contributed by atoms with Gasteiger partial charge in [0.15, 0.2) is 0 Å². The summed E-state index contributed by atoms with van der Waals surface area (Å²) < 4.78 is 5.43. The number of nitrogens with one attached hydrogen (secondary N) is 1. The molecule has 17 heavy (non-hydrogen) atoms. The van der Waals surface area contributed by atoms with Crippen molar-refractivity contribution >= 4 is 11.6 Å². The highest BCUT2D eigenvalue weighted by atomic mass is 35.5. The van der Waals surface area contributed by atoms with Crippen LogP contribution in [-0.2, 0) is 0 Å². The minimum absolute atomic E-state index is 0.221. The molecule has 0 fully saturated rings. The smallest absolute Gasteiger partial charge is 0.119 e. The van der Waals surface area contributed by atoms with Gasteiger partial charge in [-0.25, -0.2) is 0 Å². The van der Waals surface area contributed by atoms with Gasteiger partial charge in [0.1, 0.15) is 18.5 Å². The van der Waals surface area contributed by atoms with Gasteiger partial charge in [-0.3, -0.25) is 0 Å². The molecule has 4 heteroatoms. The van der Waals surface area contributed by atoms with Crippen molar-refractivity contribution in [1.82, 2.24) is 5.32 Å². The second-order valence-corrected chi connectivity index (χ2v) is 4.12. The van der Waals surface area contributed by atoms with Crippen molar-refractivity contribution in [1.29, 1.82) is 0 Å². The molecular formula is C13H16ClNO2. The highest BCUT2D eigenvalue weighted by molar-refractivity contribution is 6.31. The zero-order valence-electron chi connectivity index (χ0n) is 9.74. The van der Waals surface area contributed by atoms with Crippen LogP contribution >= 0.6 is 11.6 Å². The Morgan fingerprint density at radius 3 is 3.00 bits per heavy atom. The lowest BCUT2D eigenvalue weighted by molar-refractivity contribution is 0.107. The number of benzene rings is 1. The van der Waals surface area contributed by atoms with Crippen molar-refractivity contribution in [2.75, 3.05) is 19.7 Å². The summed E-state index contributed by atoms with van der Waals surface area (Å²) in [5, 5.41) is 13.2. The van der Waals surface area contributed by atoms with Crippen LogP contribution in [0.4, 0.5) is 0 Å². The molecule has 0 heterocycles. The van der Waals surface area contributed by atoms with Gasteiger partial charge < -0.3 is 15.2 Å². The normalized spacial score (nSPS) is 11.9. The monoisotopic (exact) mass is 253 g/mol. The number of ether oxygens (including phenoxy) is 1. The van der Waals surface area contributed by atoms with Crippen LogP contribution in [0.3, 0.4) is 0 Å². The maximum Gasteiger partial charge on any atom is 0.119 e. The average molecular weight is 254 g/mol. The zero-order valence-corrected chi connectivity index (χ0v) is 10.5. The third-order valence-electron chi connectivity index (χ3n) is 2.18. The number of aliphatic hydroxyl groups is 1. The number of rotatable bonds is 6. The highest BCUT2D eigenvalue weighted by Crippen LogP contribution is 2.20. The number of hydrogen-bond donors (Lipinski definition) is 2. The molecule has 1 aromatic rings. The molecule has 0 bridgehead atoms. The van der Waals surface area contributed by atoms with Crippen LogP contribution in [0.25, 0.3) is 0 Å². The quantitative estimate of drug-likeness (QED) is 0.598. The van der Waals surface area contributed by atoms with Crippen LogP contribution < -0.4 is 10.1 Å². The van der Waals surface area contributed by atoms with Gasteiger partial charge in [-0.15, -0.1) is 6.42 Å². The van der Waals surface area contributed by atoms with Gasteiger partial charge in [-0.1, -0.05) is 17.5 Å². The largest absolute Gasteiger partial charge is 0.491 e. The Hall–Kier alpha value is -1.21. The lowest BCUT2D eigenvalue weighted by Gasteiger charge is -2.13. The molecule has 92 valence electrons. The molecule has 0 saturated heterocycles. The molecule has 0 aliphatic rings. The van der Waals surface area contributed by atoms with Gasteiger partial charge in [-0.05, 0) is 30.7 Å². The molecule has 2 N–H and O–H groups in total. The SMILES string of the molecule is C#CCNCC(O)COc1ccc(Cl)c(C)c1. The minimum Gasteiger partial charge on any atom is -0.491 e. The summed E-state index contributed by atoms with van der Waals surface area (Å²) in [6, 6.07) is 5.38. The van der Waals surface area contributed by atoms with Crippen LogP contribution in [0.15, 0.2) is 18.2 Å². The average Bonchev–Trinajstić information content (AvgIpc) is 2.31. The molecule has 0 aliphatic carbocycles. The Bertz CT molecular complexity index is 401. The van der Waals surface area contributed by atoms with Crippen molar-refractivity contribution in [2.45, 2.75) is 13.0 Å². The Labute approximate surface area is 107 Å². The van der Waals surface area contributed by atoms with Gasteiger partial charge in [0.25, 0.3) is 0 Å². The molecule has 1 rings (SSSR count). The fraction of sp³-hybridized carbons (Fsp3) is 0.385. The van der Waals surface area contributed by atoms with E-state index < -0.39 is 6.10 Å². The van der Waals surface area contributed by atoms with Gasteiger partial charge in [0.2, 0.25) is 0 Å². The molecule has 0 aromatic heterocycles. The third-order valence-corrected chi connectivity index (χ3v) is 2.60. The number of aliphatic hydroxyl groups excluding tert-OH is 1. The van der Waals surface area contributed by atoms with Crippen LogP contribution in [0.5, 0.6) is 5.75 Å². The van der Waals surface area contributed by atoms with E-state index in [9.17, 15) is 5.11 Å². The first-order valence-electron chi connectivity index (χ1n) is 5.34. The van der Waals surface area contributed by atoms with Crippen LogP contribution in [0.1, 0.15) is 5.56 Å². The maximum atomic E-state index is 9.58. The molecule has 0 aliphatic heterocycles. The topological polar surface area (TPSA) is 41.5 Å². The van der Waals surface area contributed by atoms with Crippen LogP contribution in [0, 0.1) is 19.3 Å². The Balaban J connectivity index is 2.34. The minimum atomic E-state index is -0.584. The van der Waals surface area contributed by atoms with E-state index >= 15 is 0 Å². The Morgan fingerprint density at radius 2 is 2.35 bits per heavy atom. The standard InChI is InChI=1S/C13H16ClNO2/c1-3-6-15-8-11(16)9-17-12-4-5-13(14)10(2)7-12/h1,4-5,7,11,15-16H,6,8-9H2,2H3. The van der Waals surface area contributed by atoms with E-state index in [0.717, 1.165) is 5.56 Å². The molecule has 0 radical (unpaired) electrons. The van der Waals surface area contributed by atoms with E-state index in [1.807, 2.05) is 13.0 Å². The second kappa shape index (κ2) is 7.18. The lowest BCUT2D eigenvalue weighted by atomic mass is 10.2. The van der Waals surface area contributed by atoms with Gasteiger partial charge >= 0.3 is 0 Å². The number of halogens is 1. The zero-order chi connectivity index (χ0) is 12.7. The number of hydrogen-bond acceptors (Lipinski definition) is 3. The molecule has 1 aromatic carbocycles. The van der Waals surface area contributed by atoms with Crippen molar-refractivity contribution in [2.24, 2.45) is 0 Å². The summed E-state index contributed by atoms with van der Waals surface area (Å²) in [7, 11) is 0. The fourth-order valence-corrected chi connectivity index (χ4v) is 1.39. The molecular weight excluding hydrogens is 238 g/mol. The highest BCUT2D eigenvalue weighted by Gasteiger charge is 2.05. The van der Waals surface area contributed by atoms with Crippen LogP contribution in [-0.4, -0.2) is 30.9 Å². The first-order chi connectivity index (χ1) is 8.13. The van der Waals surface area contributed by atoms with Gasteiger partial charge in [-0.2, -0.15) is 0 Å². The molecule has 1 atom stereocenters. The van der Waals surface area contributed by atoms with Crippen molar-refractivity contribution in [3.63, 3.8) is 0 Å². The van der Waals surface area contributed by atoms with Gasteiger partial charge in [0.05, 0.1) is 6.54 Å². The summed E-state index contributed by atoms with van der Waals surface area (Å²) in [6.45, 7) is 2.98. The summed E-state index contributed by atoms with van der Waals surface area (Å²) in [4.78, 5) is 0. The number of aryl methyl sites for hydroxylation is 1. The molecule has 0 saturated carbocycles. The predicted octanol–water partition coefficient (Wildman–Crippen LogP) is 1.61. The van der Waals surface area contributed by atoms with E-state index in [-0.39, 0.29) is 6.61 Å². The van der Waals surface area contributed by atoms with Gasteiger partial charge in [0, 0.05) is 11.6 Å². The van der Waals surface area contributed by atoms with Crippen molar-refractivity contribution in [3.05, 3.63) is 28.8 Å². The first-order valence-corrected chi connectivity index (χ1v) is 5.72. The maximum absolute atomic E-state index is 9.58. The summed E-state index contributed by atoms with van der Waals surface area (Å²) >= 11 is 5.89. The molecule has 0 amide bonds. The first kappa shape index (κ1) is 13.9. The summed E-state index contributed by atoms with van der Waals surface area (Å²) in [5.41, 5.74) is 0.948. The summed E-state index contributed by atoms with van der Waals surface area (Å²) in [6.07, 6.45) is 4.49. The lowest BCUT2D eigenvalue weighted by Crippen LogP contribution is -2.31. The number of terminal acetylenes is 1.